The van der Waals surface area contributed by atoms with Crippen molar-refractivity contribution >= 4 is 22.8 Å². The molecule has 8 nitrogen and oxygen atoms in total. The molecule has 4 aromatic rings. The lowest BCUT2D eigenvalue weighted by Crippen LogP contribution is -2.33. The number of nitrogens with one attached hydrogen (secondary N) is 1. The third-order valence-corrected chi connectivity index (χ3v) is 5.35. The second-order valence-electron chi connectivity index (χ2n) is 7.64. The number of hydrogen-bond acceptors (Lipinski definition) is 7. The predicted molar refractivity (Wildman–Crippen MR) is 115 cm³/mol. The molecule has 0 unspecified atom stereocenters. The SMILES string of the molecule is Cc1cc(Nc2cnc3c(c2)CN(c2nn4c(=O)ccnc4cc2C)CC3)c(F)cn1. The van der Waals surface area contributed by atoms with Crippen molar-refractivity contribution in [2.75, 3.05) is 16.8 Å². The fourth-order valence-corrected chi connectivity index (χ4v) is 3.83. The molecule has 156 valence electrons. The van der Waals surface area contributed by atoms with E-state index < -0.39 is 5.82 Å². The standard InChI is InChI=1S/C22H20FN7O/c1-13-7-20-24-5-3-21(31)30(20)28-22(13)29-6-4-18-15(12-29)9-16(10-26-18)27-19-8-14(2)25-11-17(19)23/h3,5,7-11H,4,6,12H2,1-2H3,(H,25,27). The van der Waals surface area contributed by atoms with E-state index >= 15 is 0 Å². The van der Waals surface area contributed by atoms with Crippen molar-refractivity contribution in [3.05, 3.63) is 81.5 Å². The van der Waals surface area contributed by atoms with Crippen molar-refractivity contribution < 1.29 is 4.39 Å². The highest BCUT2D eigenvalue weighted by molar-refractivity contribution is 5.61. The van der Waals surface area contributed by atoms with Crippen molar-refractivity contribution in [1.29, 1.82) is 0 Å². The van der Waals surface area contributed by atoms with Gasteiger partial charge in [0.25, 0.3) is 5.56 Å². The van der Waals surface area contributed by atoms with E-state index in [0.29, 0.717) is 23.6 Å². The second kappa shape index (κ2) is 7.42. The number of rotatable bonds is 3. The van der Waals surface area contributed by atoms with Crippen LogP contribution in [0.3, 0.4) is 0 Å². The van der Waals surface area contributed by atoms with Crippen LogP contribution in [0.1, 0.15) is 22.5 Å². The number of hydrogen-bond donors (Lipinski definition) is 1. The van der Waals surface area contributed by atoms with Crippen molar-refractivity contribution in [1.82, 2.24) is 24.6 Å². The number of fused-ring (bicyclic) bond motifs is 2. The first kappa shape index (κ1) is 19.1. The molecule has 1 N–H and O–H groups in total. The summed E-state index contributed by atoms with van der Waals surface area (Å²) in [6.07, 6.45) is 5.16. The molecule has 1 aliphatic heterocycles. The molecule has 0 aliphatic carbocycles. The minimum atomic E-state index is -0.417. The van der Waals surface area contributed by atoms with Gasteiger partial charge in [0.2, 0.25) is 0 Å². The summed E-state index contributed by atoms with van der Waals surface area (Å²) in [6, 6.07) is 6.90. The first-order valence-electron chi connectivity index (χ1n) is 9.95. The Hall–Kier alpha value is -3.88. The van der Waals surface area contributed by atoms with Crippen LogP contribution in [-0.4, -0.2) is 31.1 Å². The Morgan fingerprint density at radius 2 is 1.97 bits per heavy atom. The summed E-state index contributed by atoms with van der Waals surface area (Å²) >= 11 is 0. The maximum atomic E-state index is 14.1. The summed E-state index contributed by atoms with van der Waals surface area (Å²) < 4.78 is 15.4. The first-order valence-corrected chi connectivity index (χ1v) is 9.95. The predicted octanol–water partition coefficient (Wildman–Crippen LogP) is 2.94. The van der Waals surface area contributed by atoms with Crippen LogP contribution < -0.4 is 15.8 Å². The number of halogens is 1. The van der Waals surface area contributed by atoms with Gasteiger partial charge >= 0.3 is 0 Å². The van der Waals surface area contributed by atoms with Crippen LogP contribution in [0.25, 0.3) is 5.65 Å². The molecule has 4 aromatic heterocycles. The Morgan fingerprint density at radius 3 is 2.84 bits per heavy atom. The summed E-state index contributed by atoms with van der Waals surface area (Å²) in [5, 5.41) is 7.65. The highest BCUT2D eigenvalue weighted by Crippen LogP contribution is 2.27. The van der Waals surface area contributed by atoms with Crippen molar-refractivity contribution in [3.8, 4) is 0 Å². The normalized spacial score (nSPS) is 13.3. The Balaban J connectivity index is 1.46. The Morgan fingerprint density at radius 1 is 1.10 bits per heavy atom. The molecular formula is C22H20FN7O. The number of aromatic nitrogens is 5. The van der Waals surface area contributed by atoms with Gasteiger partial charge in [-0.1, -0.05) is 0 Å². The molecule has 0 atom stereocenters. The maximum absolute atomic E-state index is 14.1. The fourth-order valence-electron chi connectivity index (χ4n) is 3.83. The monoisotopic (exact) mass is 417 g/mol. The molecule has 0 radical (unpaired) electrons. The van der Waals surface area contributed by atoms with Crippen LogP contribution in [-0.2, 0) is 13.0 Å². The summed E-state index contributed by atoms with van der Waals surface area (Å²) in [6.45, 7) is 5.10. The molecule has 0 amide bonds. The van der Waals surface area contributed by atoms with Gasteiger partial charge < -0.3 is 10.2 Å². The highest BCUT2D eigenvalue weighted by Gasteiger charge is 2.21. The number of anilines is 3. The smallest absolute Gasteiger partial charge is 0.274 e. The zero-order chi connectivity index (χ0) is 21.5. The van der Waals surface area contributed by atoms with E-state index in [1.165, 1.54) is 23.0 Å². The molecule has 9 heteroatoms. The van der Waals surface area contributed by atoms with Gasteiger partial charge in [0.1, 0.15) is 0 Å². The summed E-state index contributed by atoms with van der Waals surface area (Å²) in [5.41, 5.74) is 5.07. The van der Waals surface area contributed by atoms with Gasteiger partial charge in [-0.05, 0) is 43.2 Å². The minimum Gasteiger partial charge on any atom is -0.352 e. The Bertz CT molecular complexity index is 1370. The zero-order valence-electron chi connectivity index (χ0n) is 17.1. The van der Waals surface area contributed by atoms with E-state index in [0.717, 1.165) is 41.3 Å². The van der Waals surface area contributed by atoms with Crippen molar-refractivity contribution in [2.24, 2.45) is 0 Å². The largest absolute Gasteiger partial charge is 0.352 e. The van der Waals surface area contributed by atoms with Crippen molar-refractivity contribution in [3.63, 3.8) is 0 Å². The molecule has 1 aliphatic rings. The van der Waals surface area contributed by atoms with Crippen LogP contribution in [0.15, 0.2) is 47.7 Å². The van der Waals surface area contributed by atoms with E-state index in [4.69, 9.17) is 0 Å². The van der Waals surface area contributed by atoms with Gasteiger partial charge in [0, 0.05) is 43.2 Å². The van der Waals surface area contributed by atoms with Crippen LogP contribution in [0.4, 0.5) is 21.6 Å². The molecule has 5 rings (SSSR count). The Labute approximate surface area is 177 Å². The number of nitrogens with zero attached hydrogens (tertiary/aromatic N) is 6. The zero-order valence-corrected chi connectivity index (χ0v) is 17.1. The third kappa shape index (κ3) is 3.58. The lowest BCUT2D eigenvalue weighted by atomic mass is 10.0. The summed E-state index contributed by atoms with van der Waals surface area (Å²) in [5.74, 6) is 0.322. The minimum absolute atomic E-state index is 0.216. The fraction of sp³-hybridized carbons (Fsp3) is 0.227. The van der Waals surface area contributed by atoms with Crippen LogP contribution in [0.5, 0.6) is 0 Å². The van der Waals surface area contributed by atoms with E-state index in [1.54, 1.807) is 12.3 Å². The molecule has 31 heavy (non-hydrogen) atoms. The van der Waals surface area contributed by atoms with Gasteiger partial charge in [-0.15, -0.1) is 5.10 Å². The number of aryl methyl sites for hydroxylation is 2. The Kier molecular flexibility index (Phi) is 4.58. The maximum Gasteiger partial charge on any atom is 0.274 e. The van der Waals surface area contributed by atoms with Gasteiger partial charge in [0.15, 0.2) is 17.3 Å². The van der Waals surface area contributed by atoms with Gasteiger partial charge in [-0.3, -0.25) is 14.8 Å². The molecule has 0 bridgehead atoms. The summed E-state index contributed by atoms with van der Waals surface area (Å²) in [4.78, 5) is 27.1. The summed E-state index contributed by atoms with van der Waals surface area (Å²) in [7, 11) is 0. The quantitative estimate of drug-likeness (QED) is 0.548. The average Bonchev–Trinajstić information content (AvgIpc) is 2.76. The first-order chi connectivity index (χ1) is 15.0. The topological polar surface area (TPSA) is 88.3 Å². The third-order valence-electron chi connectivity index (χ3n) is 5.35. The highest BCUT2D eigenvalue weighted by atomic mass is 19.1. The van der Waals surface area contributed by atoms with Gasteiger partial charge in [-0.2, -0.15) is 4.52 Å². The van der Waals surface area contributed by atoms with Crippen LogP contribution >= 0.6 is 0 Å². The van der Waals surface area contributed by atoms with Crippen LogP contribution in [0, 0.1) is 19.7 Å². The van der Waals surface area contributed by atoms with Crippen molar-refractivity contribution in [2.45, 2.75) is 26.8 Å². The molecule has 5 heterocycles. The second-order valence-corrected chi connectivity index (χ2v) is 7.64. The molecule has 0 spiro atoms. The van der Waals surface area contributed by atoms with Gasteiger partial charge in [-0.25, -0.2) is 9.37 Å². The van der Waals surface area contributed by atoms with Crippen LogP contribution in [0.2, 0.25) is 0 Å². The van der Waals surface area contributed by atoms with E-state index in [1.807, 2.05) is 26.0 Å². The van der Waals surface area contributed by atoms with E-state index in [-0.39, 0.29) is 5.56 Å². The molecular weight excluding hydrogens is 397 g/mol. The number of pyridine rings is 2. The molecule has 0 saturated carbocycles. The van der Waals surface area contributed by atoms with E-state index in [9.17, 15) is 9.18 Å². The lowest BCUT2D eigenvalue weighted by molar-refractivity contribution is 0.624. The van der Waals surface area contributed by atoms with Gasteiger partial charge in [0.05, 0.1) is 23.8 Å². The molecule has 0 fully saturated rings. The average molecular weight is 417 g/mol. The molecule has 0 saturated heterocycles. The van der Waals surface area contributed by atoms with E-state index in [2.05, 4.69) is 30.3 Å². The lowest BCUT2D eigenvalue weighted by Gasteiger charge is -2.30. The molecule has 0 aromatic carbocycles.